The predicted octanol–water partition coefficient (Wildman–Crippen LogP) is 3.19. The fourth-order valence-corrected chi connectivity index (χ4v) is 2.64. The zero-order valence-electron chi connectivity index (χ0n) is 12.5. The molecule has 0 fully saturated rings. The number of carbonyl (C=O) groups excluding carboxylic acids is 1. The smallest absolute Gasteiger partial charge is 0.251 e. The van der Waals surface area contributed by atoms with Crippen molar-refractivity contribution in [3.8, 4) is 11.5 Å². The fraction of sp³-hybridized carbons (Fsp3) is 0.235. The molecule has 6 heteroatoms. The average molecular weight is 334 g/mol. The van der Waals surface area contributed by atoms with E-state index in [0.717, 1.165) is 5.56 Å². The van der Waals surface area contributed by atoms with Crippen molar-refractivity contribution in [1.29, 1.82) is 0 Å². The van der Waals surface area contributed by atoms with Crippen LogP contribution in [0, 0.1) is 0 Å². The van der Waals surface area contributed by atoms with Crippen molar-refractivity contribution in [3.05, 3.63) is 58.6 Å². The Bertz CT molecular complexity index is 719. The van der Waals surface area contributed by atoms with E-state index in [-0.39, 0.29) is 18.8 Å². The Morgan fingerprint density at radius 2 is 2.04 bits per heavy atom. The zero-order chi connectivity index (χ0) is 16.2. The van der Waals surface area contributed by atoms with Gasteiger partial charge in [0.1, 0.15) is 6.10 Å². The van der Waals surface area contributed by atoms with E-state index < -0.39 is 0 Å². The van der Waals surface area contributed by atoms with Crippen LogP contribution in [0.1, 0.15) is 22.0 Å². The number of carbonyl (C=O) groups is 1. The molecular formula is C17H16ClNO4. The highest BCUT2D eigenvalue weighted by atomic mass is 35.5. The first-order chi connectivity index (χ1) is 11.2. The van der Waals surface area contributed by atoms with Crippen LogP contribution in [0.4, 0.5) is 0 Å². The number of benzene rings is 2. The van der Waals surface area contributed by atoms with Gasteiger partial charge in [-0.05, 0) is 24.3 Å². The van der Waals surface area contributed by atoms with Crippen LogP contribution >= 0.6 is 11.6 Å². The standard InChI is InChI=1S/C17H16ClNO4/c1-21-16(12-4-2-3-5-13(12)18)9-19-17(20)11-6-7-14-15(8-11)23-10-22-14/h2-8,16H,9-10H2,1H3,(H,19,20)/t16-/m0/s1. The summed E-state index contributed by atoms with van der Waals surface area (Å²) in [6, 6.07) is 12.5. The fourth-order valence-electron chi connectivity index (χ4n) is 2.38. The highest BCUT2D eigenvalue weighted by Crippen LogP contribution is 2.32. The molecule has 0 unspecified atom stereocenters. The number of rotatable bonds is 5. The summed E-state index contributed by atoms with van der Waals surface area (Å²) in [7, 11) is 1.58. The molecule has 1 atom stereocenters. The maximum atomic E-state index is 12.3. The Kier molecular flexibility index (Phi) is 4.69. The number of amides is 1. The molecule has 1 aliphatic rings. The number of methoxy groups -OCH3 is 1. The van der Waals surface area contributed by atoms with E-state index in [9.17, 15) is 4.79 Å². The molecule has 1 heterocycles. The topological polar surface area (TPSA) is 56.8 Å². The van der Waals surface area contributed by atoms with Crippen LogP contribution in [-0.2, 0) is 4.74 Å². The Morgan fingerprint density at radius 1 is 1.26 bits per heavy atom. The van der Waals surface area contributed by atoms with Crippen molar-refractivity contribution in [2.24, 2.45) is 0 Å². The molecule has 1 amide bonds. The Labute approximate surface area is 139 Å². The summed E-state index contributed by atoms with van der Waals surface area (Å²) < 4.78 is 15.9. The quantitative estimate of drug-likeness (QED) is 0.913. The second-order valence-electron chi connectivity index (χ2n) is 5.02. The Balaban J connectivity index is 1.67. The number of hydrogen-bond donors (Lipinski definition) is 1. The minimum Gasteiger partial charge on any atom is -0.454 e. The van der Waals surface area contributed by atoms with Crippen LogP contribution in [-0.4, -0.2) is 26.4 Å². The lowest BCUT2D eigenvalue weighted by Crippen LogP contribution is -2.29. The first kappa shape index (κ1) is 15.6. The number of fused-ring (bicyclic) bond motifs is 1. The van der Waals surface area contributed by atoms with Gasteiger partial charge in [-0.2, -0.15) is 0 Å². The summed E-state index contributed by atoms with van der Waals surface area (Å²) in [5.41, 5.74) is 1.34. The molecule has 5 nitrogen and oxygen atoms in total. The van der Waals surface area contributed by atoms with E-state index >= 15 is 0 Å². The molecule has 0 aromatic heterocycles. The lowest BCUT2D eigenvalue weighted by molar-refractivity contribution is 0.0828. The molecule has 0 spiro atoms. The van der Waals surface area contributed by atoms with Crippen LogP contribution < -0.4 is 14.8 Å². The molecule has 0 bridgehead atoms. The van der Waals surface area contributed by atoms with Gasteiger partial charge in [0.2, 0.25) is 6.79 Å². The van der Waals surface area contributed by atoms with E-state index in [1.54, 1.807) is 31.4 Å². The molecule has 2 aromatic rings. The van der Waals surface area contributed by atoms with Gasteiger partial charge in [0.15, 0.2) is 11.5 Å². The number of halogens is 1. The molecule has 0 saturated carbocycles. The van der Waals surface area contributed by atoms with Crippen molar-refractivity contribution in [3.63, 3.8) is 0 Å². The second-order valence-corrected chi connectivity index (χ2v) is 5.43. The number of ether oxygens (including phenoxy) is 3. The third kappa shape index (κ3) is 3.41. The van der Waals surface area contributed by atoms with Crippen LogP contribution in [0.25, 0.3) is 0 Å². The van der Waals surface area contributed by atoms with Crippen molar-refractivity contribution in [2.45, 2.75) is 6.10 Å². The highest BCUT2D eigenvalue weighted by molar-refractivity contribution is 6.31. The number of hydrogen-bond acceptors (Lipinski definition) is 4. The van der Waals surface area contributed by atoms with Gasteiger partial charge in [-0.1, -0.05) is 29.8 Å². The normalized spacial score (nSPS) is 13.7. The van der Waals surface area contributed by atoms with E-state index in [4.69, 9.17) is 25.8 Å². The molecule has 0 saturated heterocycles. The van der Waals surface area contributed by atoms with Gasteiger partial charge >= 0.3 is 0 Å². The summed E-state index contributed by atoms with van der Waals surface area (Å²) >= 11 is 6.17. The van der Waals surface area contributed by atoms with Crippen LogP contribution in [0.3, 0.4) is 0 Å². The van der Waals surface area contributed by atoms with Gasteiger partial charge in [0.25, 0.3) is 5.91 Å². The van der Waals surface area contributed by atoms with Gasteiger partial charge in [0.05, 0.1) is 0 Å². The molecular weight excluding hydrogens is 318 g/mol. The summed E-state index contributed by atoms with van der Waals surface area (Å²) in [6.07, 6.45) is -0.318. The summed E-state index contributed by atoms with van der Waals surface area (Å²) in [5, 5.41) is 3.46. The van der Waals surface area contributed by atoms with E-state index in [1.807, 2.05) is 18.2 Å². The Hall–Kier alpha value is -2.24. The van der Waals surface area contributed by atoms with Crippen molar-refractivity contribution in [1.82, 2.24) is 5.32 Å². The van der Waals surface area contributed by atoms with E-state index in [0.29, 0.717) is 28.6 Å². The molecule has 0 radical (unpaired) electrons. The maximum absolute atomic E-state index is 12.3. The lowest BCUT2D eigenvalue weighted by Gasteiger charge is -2.17. The first-order valence-electron chi connectivity index (χ1n) is 7.14. The minimum absolute atomic E-state index is 0.179. The molecule has 0 aliphatic carbocycles. The van der Waals surface area contributed by atoms with Gasteiger partial charge < -0.3 is 19.5 Å². The zero-order valence-corrected chi connectivity index (χ0v) is 13.3. The van der Waals surface area contributed by atoms with E-state index in [1.165, 1.54) is 0 Å². The summed E-state index contributed by atoms with van der Waals surface area (Å²) in [6.45, 7) is 0.492. The minimum atomic E-state index is -0.318. The summed E-state index contributed by atoms with van der Waals surface area (Å²) in [5.74, 6) is 1.01. The SMILES string of the molecule is CO[C@@H](CNC(=O)c1ccc2c(c1)OCO2)c1ccccc1Cl. The van der Waals surface area contributed by atoms with Gasteiger partial charge in [-0.3, -0.25) is 4.79 Å². The van der Waals surface area contributed by atoms with Crippen LogP contribution in [0.5, 0.6) is 11.5 Å². The van der Waals surface area contributed by atoms with Gasteiger partial charge in [-0.15, -0.1) is 0 Å². The monoisotopic (exact) mass is 333 g/mol. The number of nitrogens with one attached hydrogen (secondary N) is 1. The third-order valence-electron chi connectivity index (χ3n) is 3.62. The van der Waals surface area contributed by atoms with Gasteiger partial charge in [-0.25, -0.2) is 0 Å². The molecule has 23 heavy (non-hydrogen) atoms. The molecule has 2 aromatic carbocycles. The molecule has 1 N–H and O–H groups in total. The highest BCUT2D eigenvalue weighted by Gasteiger charge is 2.18. The van der Waals surface area contributed by atoms with Crippen molar-refractivity contribution >= 4 is 17.5 Å². The van der Waals surface area contributed by atoms with Gasteiger partial charge in [0, 0.05) is 29.8 Å². The maximum Gasteiger partial charge on any atom is 0.251 e. The molecule has 1 aliphatic heterocycles. The largest absolute Gasteiger partial charge is 0.454 e. The van der Waals surface area contributed by atoms with E-state index in [2.05, 4.69) is 5.32 Å². The van der Waals surface area contributed by atoms with Crippen LogP contribution in [0.15, 0.2) is 42.5 Å². The third-order valence-corrected chi connectivity index (χ3v) is 3.96. The van der Waals surface area contributed by atoms with Crippen LogP contribution in [0.2, 0.25) is 5.02 Å². The lowest BCUT2D eigenvalue weighted by atomic mass is 10.1. The van der Waals surface area contributed by atoms with Crippen molar-refractivity contribution < 1.29 is 19.0 Å². The second kappa shape index (κ2) is 6.89. The molecule has 120 valence electrons. The van der Waals surface area contributed by atoms with Crippen molar-refractivity contribution in [2.75, 3.05) is 20.4 Å². The first-order valence-corrected chi connectivity index (χ1v) is 7.52. The predicted molar refractivity (Wildman–Crippen MR) is 86.1 cm³/mol. The Morgan fingerprint density at radius 3 is 2.83 bits per heavy atom. The summed E-state index contributed by atoms with van der Waals surface area (Å²) in [4.78, 5) is 12.3. The molecule has 3 rings (SSSR count). The average Bonchev–Trinajstić information content (AvgIpc) is 3.04.